The zero-order chi connectivity index (χ0) is 13.2. The lowest BCUT2D eigenvalue weighted by Gasteiger charge is -2.19. The van der Waals surface area contributed by atoms with E-state index in [1.165, 1.54) is 0 Å². The van der Waals surface area contributed by atoms with E-state index in [9.17, 15) is 19.8 Å². The number of carboxylic acids is 2. The van der Waals surface area contributed by atoms with Gasteiger partial charge in [-0.2, -0.15) is 0 Å². The fourth-order valence-electron chi connectivity index (χ4n) is 1.28. The Morgan fingerprint density at radius 2 is 1.76 bits per heavy atom. The van der Waals surface area contributed by atoms with Crippen molar-refractivity contribution in [1.29, 1.82) is 0 Å². The Hall–Kier alpha value is -2.18. The maximum absolute atomic E-state index is 10.9. The van der Waals surface area contributed by atoms with Crippen molar-refractivity contribution in [2.45, 2.75) is 5.79 Å². The Bertz CT molecular complexity index is 489. The van der Waals surface area contributed by atoms with Gasteiger partial charge < -0.3 is 20.4 Å². The second-order valence-corrected chi connectivity index (χ2v) is 3.30. The first kappa shape index (κ1) is 12.9. The van der Waals surface area contributed by atoms with Gasteiger partial charge in [-0.1, -0.05) is 6.58 Å². The third-order valence-corrected chi connectivity index (χ3v) is 2.18. The maximum atomic E-state index is 10.9. The molecule has 0 radical (unpaired) electrons. The van der Waals surface area contributed by atoms with Crippen LogP contribution in [0.4, 0.5) is 0 Å². The molecule has 0 fully saturated rings. The summed E-state index contributed by atoms with van der Waals surface area (Å²) in [7, 11) is 0. The van der Waals surface area contributed by atoms with E-state index in [1.807, 2.05) is 0 Å². The Morgan fingerprint density at radius 1 is 1.18 bits per heavy atom. The molecule has 4 N–H and O–H groups in total. The van der Waals surface area contributed by atoms with Gasteiger partial charge >= 0.3 is 11.9 Å². The Labute approximate surface area is 96.1 Å². The molecule has 1 rings (SSSR count). The lowest BCUT2D eigenvalue weighted by Crippen LogP contribution is -2.25. The van der Waals surface area contributed by atoms with Gasteiger partial charge in [0, 0.05) is 5.56 Å². The summed E-state index contributed by atoms with van der Waals surface area (Å²) >= 11 is 0. The highest BCUT2D eigenvalue weighted by Gasteiger charge is 2.28. The van der Waals surface area contributed by atoms with Crippen LogP contribution in [0.25, 0.3) is 0 Å². The topological polar surface area (TPSA) is 115 Å². The minimum atomic E-state index is -2.60. The summed E-state index contributed by atoms with van der Waals surface area (Å²) in [6.07, 6.45) is 0.709. The number of carbonyl (C=O) groups is 2. The van der Waals surface area contributed by atoms with Gasteiger partial charge in [0.05, 0.1) is 11.1 Å². The van der Waals surface area contributed by atoms with E-state index in [0.29, 0.717) is 6.08 Å². The van der Waals surface area contributed by atoms with E-state index in [0.717, 1.165) is 18.2 Å². The summed E-state index contributed by atoms with van der Waals surface area (Å²) in [4.78, 5) is 21.6. The number of carboxylic acid groups (broad SMARTS) is 2. The van der Waals surface area contributed by atoms with E-state index < -0.39 is 28.9 Å². The van der Waals surface area contributed by atoms with Crippen molar-refractivity contribution in [2.75, 3.05) is 0 Å². The van der Waals surface area contributed by atoms with Crippen LogP contribution >= 0.6 is 0 Å². The lowest BCUT2D eigenvalue weighted by atomic mass is 9.97. The van der Waals surface area contributed by atoms with Gasteiger partial charge in [0.25, 0.3) is 0 Å². The van der Waals surface area contributed by atoms with Gasteiger partial charge in [-0.3, -0.25) is 0 Å². The SMILES string of the molecule is C=CC(O)(O)c1cc(C(=O)O)ccc1C(=O)O. The first-order chi connectivity index (χ1) is 7.79. The Balaban J connectivity index is 3.51. The highest BCUT2D eigenvalue weighted by Crippen LogP contribution is 2.24. The second kappa shape index (κ2) is 4.36. The van der Waals surface area contributed by atoms with Crippen LogP contribution in [0.15, 0.2) is 30.9 Å². The molecule has 1 aromatic carbocycles. The maximum Gasteiger partial charge on any atom is 0.336 e. The number of rotatable bonds is 4. The fraction of sp³-hybridized carbons (Fsp3) is 0.0909. The van der Waals surface area contributed by atoms with Crippen LogP contribution in [0.5, 0.6) is 0 Å². The van der Waals surface area contributed by atoms with Gasteiger partial charge in [-0.05, 0) is 24.3 Å². The molecule has 0 bridgehead atoms. The molecule has 0 atom stereocenters. The molecular weight excluding hydrogens is 228 g/mol. The predicted octanol–water partition coefficient (Wildman–Crippen LogP) is 0.406. The van der Waals surface area contributed by atoms with E-state index >= 15 is 0 Å². The molecule has 0 unspecified atom stereocenters. The molecule has 0 aliphatic carbocycles. The van der Waals surface area contributed by atoms with E-state index in [4.69, 9.17) is 10.2 Å². The quantitative estimate of drug-likeness (QED) is 0.446. The number of hydrogen-bond acceptors (Lipinski definition) is 4. The van der Waals surface area contributed by atoms with Gasteiger partial charge in [-0.25, -0.2) is 9.59 Å². The lowest BCUT2D eigenvalue weighted by molar-refractivity contribution is -0.125. The van der Waals surface area contributed by atoms with E-state index in [1.54, 1.807) is 0 Å². The van der Waals surface area contributed by atoms with Crippen LogP contribution in [0.2, 0.25) is 0 Å². The highest BCUT2D eigenvalue weighted by molar-refractivity contribution is 5.93. The molecule has 0 heterocycles. The van der Waals surface area contributed by atoms with Crippen molar-refractivity contribution >= 4 is 11.9 Å². The van der Waals surface area contributed by atoms with Gasteiger partial charge in [0.2, 0.25) is 5.79 Å². The van der Waals surface area contributed by atoms with Gasteiger partial charge in [0.1, 0.15) is 0 Å². The van der Waals surface area contributed by atoms with E-state index in [2.05, 4.69) is 6.58 Å². The highest BCUT2D eigenvalue weighted by atomic mass is 16.5. The third kappa shape index (κ3) is 2.49. The molecular formula is C11H10O6. The molecule has 1 aromatic rings. The predicted molar refractivity (Wildman–Crippen MR) is 56.7 cm³/mol. The molecule has 0 aliphatic rings. The monoisotopic (exact) mass is 238 g/mol. The van der Waals surface area contributed by atoms with Crippen LogP contribution in [0.3, 0.4) is 0 Å². The average Bonchev–Trinajstić information content (AvgIpc) is 2.28. The summed E-state index contributed by atoms with van der Waals surface area (Å²) in [5.74, 6) is -5.30. The van der Waals surface area contributed by atoms with Crippen LogP contribution in [-0.4, -0.2) is 32.4 Å². The van der Waals surface area contributed by atoms with Crippen LogP contribution in [0, 0.1) is 0 Å². The summed E-state index contributed by atoms with van der Waals surface area (Å²) in [6, 6.07) is 2.94. The molecule has 0 aromatic heterocycles. The molecule has 6 heteroatoms. The number of aromatic carboxylic acids is 2. The number of hydrogen-bond donors (Lipinski definition) is 4. The molecule has 0 saturated heterocycles. The van der Waals surface area contributed by atoms with Crippen molar-refractivity contribution in [2.24, 2.45) is 0 Å². The minimum Gasteiger partial charge on any atom is -0.478 e. The Kier molecular flexibility index (Phi) is 3.31. The molecule has 0 aliphatic heterocycles. The van der Waals surface area contributed by atoms with Crippen LogP contribution in [-0.2, 0) is 5.79 Å². The first-order valence-corrected chi connectivity index (χ1v) is 4.49. The standard InChI is InChI=1S/C11H10O6/c1-2-11(16,17)8-5-6(9(12)13)3-4-7(8)10(14)15/h2-5,16-17H,1H2,(H,12,13)(H,14,15). The number of aliphatic hydroxyl groups is 2. The molecule has 90 valence electrons. The van der Waals surface area contributed by atoms with Crippen LogP contribution < -0.4 is 0 Å². The average molecular weight is 238 g/mol. The summed E-state index contributed by atoms with van der Waals surface area (Å²) in [5.41, 5.74) is -1.10. The van der Waals surface area contributed by atoms with E-state index in [-0.39, 0.29) is 5.56 Å². The molecule has 0 amide bonds. The number of benzene rings is 1. The molecule has 0 spiro atoms. The summed E-state index contributed by atoms with van der Waals surface area (Å²) < 4.78 is 0. The van der Waals surface area contributed by atoms with Crippen molar-refractivity contribution in [1.82, 2.24) is 0 Å². The van der Waals surface area contributed by atoms with Crippen molar-refractivity contribution in [3.63, 3.8) is 0 Å². The van der Waals surface area contributed by atoms with Gasteiger partial charge in [0.15, 0.2) is 0 Å². The summed E-state index contributed by atoms with van der Waals surface area (Å²) in [5, 5.41) is 36.6. The molecule has 6 nitrogen and oxygen atoms in total. The first-order valence-electron chi connectivity index (χ1n) is 4.49. The zero-order valence-electron chi connectivity index (χ0n) is 8.62. The molecule has 0 saturated carbocycles. The van der Waals surface area contributed by atoms with Crippen molar-refractivity contribution in [3.05, 3.63) is 47.5 Å². The second-order valence-electron chi connectivity index (χ2n) is 3.30. The van der Waals surface area contributed by atoms with Gasteiger partial charge in [-0.15, -0.1) is 0 Å². The minimum absolute atomic E-state index is 0.251. The Morgan fingerprint density at radius 3 is 2.18 bits per heavy atom. The fourth-order valence-corrected chi connectivity index (χ4v) is 1.28. The molecule has 17 heavy (non-hydrogen) atoms. The normalized spacial score (nSPS) is 10.9. The largest absolute Gasteiger partial charge is 0.478 e. The van der Waals surface area contributed by atoms with Crippen molar-refractivity contribution in [3.8, 4) is 0 Å². The summed E-state index contributed by atoms with van der Waals surface area (Å²) in [6.45, 7) is 3.14. The zero-order valence-corrected chi connectivity index (χ0v) is 8.62. The van der Waals surface area contributed by atoms with Crippen LogP contribution in [0.1, 0.15) is 26.3 Å². The third-order valence-electron chi connectivity index (χ3n) is 2.18. The smallest absolute Gasteiger partial charge is 0.336 e. The van der Waals surface area contributed by atoms with Crippen molar-refractivity contribution < 1.29 is 30.0 Å².